The summed E-state index contributed by atoms with van der Waals surface area (Å²) in [4.78, 5) is 12.5. The van der Waals surface area contributed by atoms with E-state index in [1.165, 1.54) is 4.31 Å². The van der Waals surface area contributed by atoms with Crippen LogP contribution in [0.25, 0.3) is 11.1 Å². The molecule has 0 spiro atoms. The lowest BCUT2D eigenvalue weighted by molar-refractivity contribution is 0.0958. The summed E-state index contributed by atoms with van der Waals surface area (Å²) in [5.41, 5.74) is 2.31. The molecule has 25 heavy (non-hydrogen) atoms. The Morgan fingerprint density at radius 2 is 1.84 bits per heavy atom. The van der Waals surface area contributed by atoms with Crippen molar-refractivity contribution < 1.29 is 13.2 Å². The quantitative estimate of drug-likeness (QED) is 0.840. The van der Waals surface area contributed by atoms with E-state index in [1.54, 1.807) is 54.6 Å². The van der Waals surface area contributed by atoms with Gasteiger partial charge in [0.15, 0.2) is 0 Å². The highest BCUT2D eigenvalue weighted by Gasteiger charge is 2.34. The monoisotopic (exact) mass is 354 g/mol. The summed E-state index contributed by atoms with van der Waals surface area (Å²) >= 11 is 0. The Morgan fingerprint density at radius 3 is 2.56 bits per heavy atom. The first-order chi connectivity index (χ1) is 12.0. The summed E-state index contributed by atoms with van der Waals surface area (Å²) in [6, 6.07) is 11.8. The highest BCUT2D eigenvalue weighted by molar-refractivity contribution is 7.93. The van der Waals surface area contributed by atoms with Gasteiger partial charge < -0.3 is 5.32 Å². The van der Waals surface area contributed by atoms with Gasteiger partial charge in [-0.1, -0.05) is 30.4 Å². The van der Waals surface area contributed by atoms with Crippen LogP contribution in [0.5, 0.6) is 0 Å². The zero-order valence-electron chi connectivity index (χ0n) is 13.6. The molecule has 0 fully saturated rings. The van der Waals surface area contributed by atoms with Gasteiger partial charge >= 0.3 is 0 Å². The minimum atomic E-state index is -3.66. The molecule has 0 saturated carbocycles. The molecule has 5 nitrogen and oxygen atoms in total. The largest absolute Gasteiger partial charge is 0.349 e. The van der Waals surface area contributed by atoms with Crippen molar-refractivity contribution in [3.05, 3.63) is 73.3 Å². The molecule has 1 aliphatic heterocycles. The smallest absolute Gasteiger partial charge is 0.265 e. The van der Waals surface area contributed by atoms with Crippen LogP contribution in [0.3, 0.4) is 0 Å². The predicted molar refractivity (Wildman–Crippen MR) is 99.1 cm³/mol. The molecular weight excluding hydrogens is 336 g/mol. The summed E-state index contributed by atoms with van der Waals surface area (Å²) in [6.07, 6.45) is 3.14. The molecule has 1 aliphatic rings. The lowest BCUT2D eigenvalue weighted by atomic mass is 10.00. The lowest BCUT2D eigenvalue weighted by Crippen LogP contribution is -2.34. The third kappa shape index (κ3) is 2.85. The highest BCUT2D eigenvalue weighted by Crippen LogP contribution is 2.43. The predicted octanol–water partition coefficient (Wildman–Crippen LogP) is 2.96. The minimum Gasteiger partial charge on any atom is -0.349 e. The summed E-state index contributed by atoms with van der Waals surface area (Å²) in [7, 11) is -3.66. The zero-order valence-corrected chi connectivity index (χ0v) is 14.4. The fourth-order valence-corrected chi connectivity index (χ4v) is 4.52. The average molecular weight is 354 g/mol. The number of carbonyl (C=O) groups is 1. The van der Waals surface area contributed by atoms with Crippen LogP contribution in [0.4, 0.5) is 5.69 Å². The molecule has 0 aliphatic carbocycles. The van der Waals surface area contributed by atoms with E-state index < -0.39 is 10.0 Å². The molecule has 0 radical (unpaired) electrons. The van der Waals surface area contributed by atoms with E-state index in [-0.39, 0.29) is 17.3 Å². The first kappa shape index (κ1) is 17.0. The Balaban J connectivity index is 2.19. The van der Waals surface area contributed by atoms with Crippen LogP contribution in [-0.2, 0) is 10.0 Å². The van der Waals surface area contributed by atoms with Crippen molar-refractivity contribution in [1.82, 2.24) is 5.32 Å². The van der Waals surface area contributed by atoms with Crippen molar-refractivity contribution in [1.29, 1.82) is 0 Å². The Morgan fingerprint density at radius 1 is 1.08 bits per heavy atom. The van der Waals surface area contributed by atoms with Crippen molar-refractivity contribution >= 4 is 21.6 Å². The second kappa shape index (κ2) is 6.57. The van der Waals surface area contributed by atoms with Crippen molar-refractivity contribution in [2.75, 3.05) is 17.4 Å². The maximum Gasteiger partial charge on any atom is 0.265 e. The Labute approximate surface area is 147 Å². The van der Waals surface area contributed by atoms with Crippen LogP contribution in [0.2, 0.25) is 0 Å². The van der Waals surface area contributed by atoms with Crippen LogP contribution in [0, 0.1) is 0 Å². The van der Waals surface area contributed by atoms with Gasteiger partial charge in [0.25, 0.3) is 15.9 Å². The molecule has 0 saturated heterocycles. The van der Waals surface area contributed by atoms with E-state index in [1.807, 2.05) is 0 Å². The Hall–Kier alpha value is -2.86. The molecule has 2 aromatic rings. The van der Waals surface area contributed by atoms with Gasteiger partial charge in [-0.15, -0.1) is 13.2 Å². The topological polar surface area (TPSA) is 66.5 Å². The maximum absolute atomic E-state index is 12.9. The summed E-state index contributed by atoms with van der Waals surface area (Å²) in [5.74, 6) is -0.233. The summed E-state index contributed by atoms with van der Waals surface area (Å²) in [6.45, 7) is 7.75. The fourth-order valence-electron chi connectivity index (χ4n) is 2.85. The van der Waals surface area contributed by atoms with Gasteiger partial charge in [0.2, 0.25) is 0 Å². The van der Waals surface area contributed by atoms with Gasteiger partial charge in [0.05, 0.1) is 17.1 Å². The molecule has 128 valence electrons. The number of benzene rings is 2. The fraction of sp³-hybridized carbons (Fsp3) is 0.105. The minimum absolute atomic E-state index is 0.158. The van der Waals surface area contributed by atoms with E-state index in [4.69, 9.17) is 0 Å². The van der Waals surface area contributed by atoms with Crippen LogP contribution in [0.1, 0.15) is 10.4 Å². The molecular formula is C19H18N2O3S. The number of rotatable bonds is 5. The number of carbonyl (C=O) groups excluding carboxylic acids is 1. The molecule has 0 unspecified atom stereocenters. The van der Waals surface area contributed by atoms with Crippen LogP contribution >= 0.6 is 0 Å². The number of nitrogens with zero attached hydrogens (tertiary/aromatic N) is 1. The van der Waals surface area contributed by atoms with E-state index in [2.05, 4.69) is 18.5 Å². The molecule has 0 aromatic heterocycles. The molecule has 0 bridgehead atoms. The van der Waals surface area contributed by atoms with E-state index in [0.29, 0.717) is 28.9 Å². The van der Waals surface area contributed by atoms with E-state index in [0.717, 1.165) is 0 Å². The van der Waals surface area contributed by atoms with Gasteiger partial charge in [-0.2, -0.15) is 0 Å². The highest BCUT2D eigenvalue weighted by atomic mass is 32.2. The number of hydrogen-bond donors (Lipinski definition) is 1. The molecule has 0 atom stereocenters. The van der Waals surface area contributed by atoms with Crippen molar-refractivity contribution in [2.45, 2.75) is 4.90 Å². The second-order valence-corrected chi connectivity index (χ2v) is 7.38. The molecule has 6 heteroatoms. The third-order valence-electron chi connectivity index (χ3n) is 3.97. The molecule has 1 heterocycles. The molecule has 3 rings (SSSR count). The number of hydrogen-bond acceptors (Lipinski definition) is 3. The first-order valence-corrected chi connectivity index (χ1v) is 9.21. The Bertz CT molecular complexity index is 964. The van der Waals surface area contributed by atoms with Crippen LogP contribution in [0.15, 0.2) is 72.7 Å². The number of nitrogens with one attached hydrogen (secondary N) is 1. The van der Waals surface area contributed by atoms with Gasteiger partial charge in [-0.05, 0) is 24.3 Å². The second-order valence-electron chi connectivity index (χ2n) is 5.55. The van der Waals surface area contributed by atoms with Crippen LogP contribution < -0.4 is 9.62 Å². The Kier molecular flexibility index (Phi) is 4.46. The molecule has 2 aromatic carbocycles. The number of amides is 1. The van der Waals surface area contributed by atoms with Crippen molar-refractivity contribution in [3.8, 4) is 11.1 Å². The summed E-state index contributed by atoms with van der Waals surface area (Å²) in [5, 5.41) is 2.73. The average Bonchev–Trinajstić information content (AvgIpc) is 2.63. The normalized spacial score (nSPS) is 14.2. The van der Waals surface area contributed by atoms with Crippen molar-refractivity contribution in [3.63, 3.8) is 0 Å². The van der Waals surface area contributed by atoms with Crippen LogP contribution in [-0.4, -0.2) is 27.4 Å². The van der Waals surface area contributed by atoms with Gasteiger partial charge in [-0.25, -0.2) is 8.42 Å². The number of fused-ring (bicyclic) bond motifs is 3. The van der Waals surface area contributed by atoms with Gasteiger partial charge in [0, 0.05) is 23.2 Å². The first-order valence-electron chi connectivity index (χ1n) is 7.77. The number of sulfonamides is 1. The number of anilines is 1. The maximum atomic E-state index is 12.9. The van der Waals surface area contributed by atoms with Crippen molar-refractivity contribution in [2.24, 2.45) is 0 Å². The molecule has 1 amide bonds. The molecule has 1 N–H and O–H groups in total. The SMILES string of the molecule is C=CCNC(=O)c1ccc2c(c1)-c1ccccc1S(=O)(=O)N2CC=C. The van der Waals surface area contributed by atoms with E-state index in [9.17, 15) is 13.2 Å². The van der Waals surface area contributed by atoms with Gasteiger partial charge in [-0.3, -0.25) is 9.10 Å². The van der Waals surface area contributed by atoms with E-state index >= 15 is 0 Å². The zero-order chi connectivity index (χ0) is 18.0. The third-order valence-corrected chi connectivity index (χ3v) is 5.81. The lowest BCUT2D eigenvalue weighted by Gasteiger charge is -2.31. The van der Waals surface area contributed by atoms with Gasteiger partial charge in [0.1, 0.15) is 0 Å². The summed E-state index contributed by atoms with van der Waals surface area (Å²) < 4.78 is 27.1. The standard InChI is InChI=1S/C19H18N2O3S/c1-3-11-20-19(22)14-9-10-17-16(13-14)15-7-5-6-8-18(15)25(23,24)21(17)12-4-2/h3-10,13H,1-2,11-12H2,(H,20,22).